The summed E-state index contributed by atoms with van der Waals surface area (Å²) in [6.07, 6.45) is 0. The molecule has 1 heterocycles. The summed E-state index contributed by atoms with van der Waals surface area (Å²) in [5.41, 5.74) is 2.19. The highest BCUT2D eigenvalue weighted by Gasteiger charge is 2.19. The van der Waals surface area contributed by atoms with Gasteiger partial charge in [0.25, 0.3) is 15.9 Å². The highest BCUT2D eigenvalue weighted by molar-refractivity contribution is 7.89. The Labute approximate surface area is 141 Å². The van der Waals surface area contributed by atoms with Crippen LogP contribution in [0.1, 0.15) is 9.67 Å². The van der Waals surface area contributed by atoms with Gasteiger partial charge in [-0.2, -0.15) is 0 Å². The number of nitrogens with one attached hydrogen (secondary N) is 2. The van der Waals surface area contributed by atoms with E-state index in [1.54, 1.807) is 24.3 Å². The Balaban J connectivity index is 1.80. The van der Waals surface area contributed by atoms with Crippen LogP contribution in [0.25, 0.3) is 10.1 Å². The van der Waals surface area contributed by atoms with Crippen molar-refractivity contribution in [3.63, 3.8) is 0 Å². The maximum atomic E-state index is 12.2. The van der Waals surface area contributed by atoms with Gasteiger partial charge in [-0.3, -0.25) is 10.2 Å². The third kappa shape index (κ3) is 3.23. The van der Waals surface area contributed by atoms with Crippen LogP contribution < -0.4 is 10.3 Å². The predicted molar refractivity (Wildman–Crippen MR) is 91.1 cm³/mol. The lowest BCUT2D eigenvalue weighted by Crippen LogP contribution is -2.41. The fourth-order valence-corrected chi connectivity index (χ4v) is 4.26. The van der Waals surface area contributed by atoms with Gasteiger partial charge in [-0.1, -0.05) is 48.0 Å². The summed E-state index contributed by atoms with van der Waals surface area (Å²) in [6.45, 7) is 0. The van der Waals surface area contributed by atoms with Crippen LogP contribution in [0, 0.1) is 0 Å². The molecule has 8 heteroatoms. The molecule has 5 nitrogen and oxygen atoms in total. The minimum Gasteiger partial charge on any atom is -0.273 e. The molecule has 0 radical (unpaired) electrons. The van der Waals surface area contributed by atoms with Crippen molar-refractivity contribution in [2.24, 2.45) is 0 Å². The minimum atomic E-state index is -3.83. The van der Waals surface area contributed by atoms with Gasteiger partial charge in [-0.15, -0.1) is 16.2 Å². The van der Waals surface area contributed by atoms with Gasteiger partial charge in [0, 0.05) is 10.1 Å². The Kier molecular flexibility index (Phi) is 4.36. The number of carbonyl (C=O) groups excluding carboxylic acids is 1. The molecule has 2 N–H and O–H groups in total. The highest BCUT2D eigenvalue weighted by atomic mass is 35.5. The Bertz CT molecular complexity index is 969. The molecular formula is C15H11ClN2O3S2. The second-order valence-electron chi connectivity index (χ2n) is 4.61. The van der Waals surface area contributed by atoms with Crippen LogP contribution in [-0.4, -0.2) is 14.3 Å². The molecule has 0 unspecified atom stereocenters. The quantitative estimate of drug-likeness (QED) is 0.696. The SMILES string of the molecule is O=C(NNS(=O)(=O)c1ccccc1)c1sc2ccccc2c1Cl. The number of hydrazine groups is 1. The summed E-state index contributed by atoms with van der Waals surface area (Å²) in [5.74, 6) is -0.601. The number of thiophene rings is 1. The van der Waals surface area contributed by atoms with Crippen LogP contribution in [0.4, 0.5) is 0 Å². The molecule has 0 aliphatic heterocycles. The zero-order valence-electron chi connectivity index (χ0n) is 11.6. The van der Waals surface area contributed by atoms with Crippen LogP contribution >= 0.6 is 22.9 Å². The van der Waals surface area contributed by atoms with E-state index in [9.17, 15) is 13.2 Å². The first-order valence-electron chi connectivity index (χ1n) is 6.53. The number of benzene rings is 2. The zero-order chi connectivity index (χ0) is 16.4. The van der Waals surface area contributed by atoms with E-state index in [4.69, 9.17) is 11.6 Å². The number of hydrogen-bond acceptors (Lipinski definition) is 4. The molecule has 118 valence electrons. The normalized spacial score (nSPS) is 11.5. The lowest BCUT2D eigenvalue weighted by molar-refractivity contribution is 0.0949. The number of halogens is 1. The van der Waals surface area contributed by atoms with Crippen LogP contribution in [0.3, 0.4) is 0 Å². The summed E-state index contributed by atoms with van der Waals surface area (Å²) in [4.78, 5) is 14.6. The zero-order valence-corrected chi connectivity index (χ0v) is 14.0. The van der Waals surface area contributed by atoms with E-state index in [0.29, 0.717) is 5.02 Å². The molecule has 0 aliphatic carbocycles. The topological polar surface area (TPSA) is 75.3 Å². The Morgan fingerprint density at radius 3 is 2.35 bits per heavy atom. The third-order valence-electron chi connectivity index (χ3n) is 3.09. The van der Waals surface area contributed by atoms with Crippen LogP contribution in [0.15, 0.2) is 59.5 Å². The van der Waals surface area contributed by atoms with Crippen molar-refractivity contribution in [2.45, 2.75) is 4.90 Å². The smallest absolute Gasteiger partial charge is 0.273 e. The van der Waals surface area contributed by atoms with Crippen molar-refractivity contribution in [1.29, 1.82) is 0 Å². The summed E-state index contributed by atoms with van der Waals surface area (Å²) < 4.78 is 25.0. The van der Waals surface area contributed by atoms with E-state index in [2.05, 4.69) is 10.3 Å². The largest absolute Gasteiger partial charge is 0.277 e. The van der Waals surface area contributed by atoms with Crippen LogP contribution in [-0.2, 0) is 10.0 Å². The van der Waals surface area contributed by atoms with Gasteiger partial charge < -0.3 is 0 Å². The average Bonchev–Trinajstić information content (AvgIpc) is 2.91. The number of rotatable bonds is 4. The van der Waals surface area contributed by atoms with E-state index < -0.39 is 15.9 Å². The van der Waals surface area contributed by atoms with Crippen molar-refractivity contribution < 1.29 is 13.2 Å². The van der Waals surface area contributed by atoms with E-state index in [1.165, 1.54) is 23.5 Å². The fourth-order valence-electron chi connectivity index (χ4n) is 1.99. The molecule has 0 spiro atoms. The van der Waals surface area contributed by atoms with E-state index >= 15 is 0 Å². The summed E-state index contributed by atoms with van der Waals surface area (Å²) >= 11 is 7.39. The van der Waals surface area contributed by atoms with Crippen molar-refractivity contribution in [3.8, 4) is 0 Å². The summed E-state index contributed by atoms with van der Waals surface area (Å²) in [5, 5.41) is 1.07. The minimum absolute atomic E-state index is 0.0581. The highest BCUT2D eigenvalue weighted by Crippen LogP contribution is 2.34. The fraction of sp³-hybridized carbons (Fsp3) is 0. The van der Waals surface area contributed by atoms with Crippen molar-refractivity contribution in [2.75, 3.05) is 0 Å². The molecule has 3 aromatic rings. The Morgan fingerprint density at radius 1 is 1.00 bits per heavy atom. The molecule has 0 atom stereocenters. The standard InChI is InChI=1S/C15H11ClN2O3S2/c16-13-11-8-4-5-9-12(11)22-14(13)15(19)17-18-23(20,21)10-6-2-1-3-7-10/h1-9,18H,(H,17,19). The number of sulfonamides is 1. The van der Waals surface area contributed by atoms with E-state index in [0.717, 1.165) is 10.1 Å². The number of hydrogen-bond donors (Lipinski definition) is 2. The maximum Gasteiger partial charge on any atom is 0.277 e. The molecule has 1 aromatic heterocycles. The first-order chi connectivity index (χ1) is 11.0. The van der Waals surface area contributed by atoms with Crippen molar-refractivity contribution >= 4 is 49.0 Å². The molecular weight excluding hydrogens is 356 g/mol. The van der Waals surface area contributed by atoms with Gasteiger partial charge in [0.1, 0.15) is 4.88 Å². The molecule has 3 rings (SSSR count). The average molecular weight is 367 g/mol. The second-order valence-corrected chi connectivity index (χ2v) is 7.73. The molecule has 0 fully saturated rings. The second kappa shape index (κ2) is 6.29. The van der Waals surface area contributed by atoms with Gasteiger partial charge >= 0.3 is 0 Å². The number of fused-ring (bicyclic) bond motifs is 1. The molecule has 1 amide bonds. The van der Waals surface area contributed by atoms with Gasteiger partial charge in [0.15, 0.2) is 0 Å². The van der Waals surface area contributed by atoms with Gasteiger partial charge in [0.2, 0.25) is 0 Å². The maximum absolute atomic E-state index is 12.2. The number of carbonyl (C=O) groups is 1. The Hall–Kier alpha value is -1.93. The third-order valence-corrected chi connectivity index (χ3v) is 6.03. The summed E-state index contributed by atoms with van der Waals surface area (Å²) in [7, 11) is -3.83. The molecule has 2 aromatic carbocycles. The number of amides is 1. The lowest BCUT2D eigenvalue weighted by atomic mass is 10.2. The summed E-state index contributed by atoms with van der Waals surface area (Å²) in [6, 6.07) is 15.1. The monoisotopic (exact) mass is 366 g/mol. The predicted octanol–water partition coefficient (Wildman–Crippen LogP) is 3.18. The lowest BCUT2D eigenvalue weighted by Gasteiger charge is -2.07. The van der Waals surface area contributed by atoms with Crippen molar-refractivity contribution in [1.82, 2.24) is 10.3 Å². The Morgan fingerprint density at radius 2 is 1.65 bits per heavy atom. The van der Waals surface area contributed by atoms with Gasteiger partial charge in [-0.25, -0.2) is 8.42 Å². The first kappa shape index (κ1) is 15.9. The molecule has 0 saturated heterocycles. The molecule has 23 heavy (non-hydrogen) atoms. The van der Waals surface area contributed by atoms with Crippen LogP contribution in [0.5, 0.6) is 0 Å². The molecule has 0 aliphatic rings. The molecule has 0 bridgehead atoms. The van der Waals surface area contributed by atoms with Crippen LogP contribution in [0.2, 0.25) is 5.02 Å². The van der Waals surface area contributed by atoms with E-state index in [1.807, 2.05) is 18.2 Å². The molecule has 0 saturated carbocycles. The first-order valence-corrected chi connectivity index (χ1v) is 9.21. The van der Waals surface area contributed by atoms with Crippen molar-refractivity contribution in [3.05, 3.63) is 64.5 Å². The van der Waals surface area contributed by atoms with E-state index in [-0.39, 0.29) is 9.77 Å². The van der Waals surface area contributed by atoms with Gasteiger partial charge in [-0.05, 0) is 18.2 Å². The van der Waals surface area contributed by atoms with Gasteiger partial charge in [0.05, 0.1) is 9.92 Å².